The van der Waals surface area contributed by atoms with Gasteiger partial charge in [-0.15, -0.1) is 0 Å². The average molecular weight is 280 g/mol. The van der Waals surface area contributed by atoms with Gasteiger partial charge in [-0.2, -0.15) is 0 Å². The first-order chi connectivity index (χ1) is 10.2. The van der Waals surface area contributed by atoms with Crippen LogP contribution in [0.15, 0.2) is 60.7 Å². The van der Waals surface area contributed by atoms with Crippen molar-refractivity contribution in [3.8, 4) is 0 Å². The van der Waals surface area contributed by atoms with E-state index in [4.69, 9.17) is 5.73 Å². The van der Waals surface area contributed by atoms with Gasteiger partial charge >= 0.3 is 0 Å². The summed E-state index contributed by atoms with van der Waals surface area (Å²) in [5, 5.41) is 1.13. The molecule has 0 saturated carbocycles. The van der Waals surface area contributed by atoms with Crippen LogP contribution in [-0.4, -0.2) is 11.0 Å². The molecule has 0 saturated heterocycles. The van der Waals surface area contributed by atoms with E-state index in [9.17, 15) is 4.39 Å². The molecule has 1 atom stereocenters. The molecule has 2 aromatic carbocycles. The van der Waals surface area contributed by atoms with E-state index in [0.717, 1.165) is 28.6 Å². The van der Waals surface area contributed by atoms with Crippen LogP contribution in [0.25, 0.3) is 10.9 Å². The maximum atomic E-state index is 12.9. The minimum absolute atomic E-state index is 0.0240. The zero-order valence-electron chi connectivity index (χ0n) is 11.7. The molecule has 0 bridgehead atoms. The van der Waals surface area contributed by atoms with Gasteiger partial charge in [0.15, 0.2) is 0 Å². The average Bonchev–Trinajstić information content (AvgIpc) is 2.49. The summed E-state index contributed by atoms with van der Waals surface area (Å²) < 4.78 is 12.9. The molecule has 0 fully saturated rings. The van der Waals surface area contributed by atoms with Crippen molar-refractivity contribution in [2.45, 2.75) is 18.9 Å². The second kappa shape index (κ2) is 6.02. The van der Waals surface area contributed by atoms with Crippen LogP contribution in [0, 0.1) is 5.82 Å². The number of hydrogen-bond acceptors (Lipinski definition) is 2. The van der Waals surface area contributed by atoms with Gasteiger partial charge < -0.3 is 5.73 Å². The molecule has 3 heteroatoms. The Labute approximate surface area is 123 Å². The van der Waals surface area contributed by atoms with E-state index >= 15 is 0 Å². The number of para-hydroxylation sites is 1. The summed E-state index contributed by atoms with van der Waals surface area (Å²) in [5.74, 6) is -0.219. The van der Waals surface area contributed by atoms with E-state index in [1.54, 1.807) is 12.1 Å². The first kappa shape index (κ1) is 13.7. The number of rotatable bonds is 4. The molecular weight excluding hydrogens is 263 g/mol. The molecular formula is C18H17FN2. The van der Waals surface area contributed by atoms with Crippen molar-refractivity contribution >= 4 is 10.9 Å². The molecule has 1 heterocycles. The van der Waals surface area contributed by atoms with Crippen molar-refractivity contribution in [1.82, 2.24) is 4.98 Å². The highest BCUT2D eigenvalue weighted by Gasteiger charge is 2.07. The number of nitrogens with zero attached hydrogens (tertiary/aromatic N) is 1. The fourth-order valence-corrected chi connectivity index (χ4v) is 2.49. The van der Waals surface area contributed by atoms with Gasteiger partial charge in [0.1, 0.15) is 5.82 Å². The summed E-state index contributed by atoms with van der Waals surface area (Å²) >= 11 is 0. The lowest BCUT2D eigenvalue weighted by molar-refractivity contribution is 0.623. The Balaban J connectivity index is 1.70. The molecule has 3 aromatic rings. The van der Waals surface area contributed by atoms with E-state index in [0.29, 0.717) is 6.42 Å². The fraction of sp³-hybridized carbons (Fsp3) is 0.167. The van der Waals surface area contributed by atoms with E-state index in [-0.39, 0.29) is 11.9 Å². The predicted octanol–water partition coefficient (Wildman–Crippen LogP) is 3.49. The minimum atomic E-state index is -0.219. The summed E-state index contributed by atoms with van der Waals surface area (Å²) in [6.07, 6.45) is 1.43. The van der Waals surface area contributed by atoms with Crippen molar-refractivity contribution in [2.24, 2.45) is 5.73 Å². The van der Waals surface area contributed by atoms with Gasteiger partial charge in [0.2, 0.25) is 0 Å². The quantitative estimate of drug-likeness (QED) is 0.794. The lowest BCUT2D eigenvalue weighted by atomic mass is 10.0. The van der Waals surface area contributed by atoms with Crippen LogP contribution in [-0.2, 0) is 12.8 Å². The molecule has 1 aromatic heterocycles. The Bertz CT molecular complexity index is 738. The van der Waals surface area contributed by atoms with E-state index < -0.39 is 0 Å². The van der Waals surface area contributed by atoms with Crippen molar-refractivity contribution < 1.29 is 4.39 Å². The highest BCUT2D eigenvalue weighted by molar-refractivity contribution is 5.78. The zero-order chi connectivity index (χ0) is 14.7. The Hall–Kier alpha value is -2.26. The predicted molar refractivity (Wildman–Crippen MR) is 83.5 cm³/mol. The second-order valence-corrected chi connectivity index (χ2v) is 5.29. The monoisotopic (exact) mass is 280 g/mol. The highest BCUT2D eigenvalue weighted by Crippen LogP contribution is 2.13. The number of hydrogen-bond donors (Lipinski definition) is 1. The van der Waals surface area contributed by atoms with Crippen molar-refractivity contribution in [1.29, 1.82) is 0 Å². The first-order valence-corrected chi connectivity index (χ1v) is 7.05. The number of aromatic nitrogens is 1. The molecule has 0 aliphatic carbocycles. The van der Waals surface area contributed by atoms with Crippen molar-refractivity contribution in [3.05, 3.63) is 77.7 Å². The lowest BCUT2D eigenvalue weighted by Crippen LogP contribution is -2.26. The van der Waals surface area contributed by atoms with Crippen LogP contribution in [0.1, 0.15) is 11.3 Å². The normalized spacial score (nSPS) is 12.5. The van der Waals surface area contributed by atoms with Gasteiger partial charge in [-0.1, -0.05) is 36.4 Å². The number of benzene rings is 2. The number of fused-ring (bicyclic) bond motifs is 1. The summed E-state index contributed by atoms with van der Waals surface area (Å²) in [7, 11) is 0. The van der Waals surface area contributed by atoms with E-state index in [1.165, 1.54) is 12.1 Å². The van der Waals surface area contributed by atoms with Gasteiger partial charge in [-0.25, -0.2) is 4.39 Å². The third kappa shape index (κ3) is 3.44. The largest absolute Gasteiger partial charge is 0.327 e. The zero-order valence-corrected chi connectivity index (χ0v) is 11.7. The fourth-order valence-electron chi connectivity index (χ4n) is 2.49. The minimum Gasteiger partial charge on any atom is -0.327 e. The lowest BCUT2D eigenvalue weighted by Gasteiger charge is -2.11. The van der Waals surface area contributed by atoms with Crippen LogP contribution in [0.3, 0.4) is 0 Å². The molecule has 0 radical (unpaired) electrons. The SMILES string of the molecule is NC(Cc1ccc(F)cc1)Cc1ccc2ccccc2n1. The maximum absolute atomic E-state index is 12.9. The van der Waals surface area contributed by atoms with Gasteiger partial charge in [0.05, 0.1) is 5.52 Å². The molecule has 0 spiro atoms. The van der Waals surface area contributed by atoms with Crippen molar-refractivity contribution in [3.63, 3.8) is 0 Å². The van der Waals surface area contributed by atoms with Gasteiger partial charge in [-0.05, 0) is 36.2 Å². The maximum Gasteiger partial charge on any atom is 0.123 e. The Morgan fingerprint density at radius 1 is 0.905 bits per heavy atom. The third-order valence-electron chi connectivity index (χ3n) is 3.54. The smallest absolute Gasteiger partial charge is 0.123 e. The van der Waals surface area contributed by atoms with Crippen LogP contribution < -0.4 is 5.73 Å². The summed E-state index contributed by atoms with van der Waals surface area (Å²) in [6.45, 7) is 0. The Kier molecular flexibility index (Phi) is 3.93. The third-order valence-corrected chi connectivity index (χ3v) is 3.54. The summed E-state index contributed by atoms with van der Waals surface area (Å²) in [6, 6.07) is 18.6. The molecule has 21 heavy (non-hydrogen) atoms. The number of nitrogens with two attached hydrogens (primary N) is 1. The molecule has 1 unspecified atom stereocenters. The molecule has 2 N–H and O–H groups in total. The van der Waals surface area contributed by atoms with Crippen LogP contribution in [0.2, 0.25) is 0 Å². The number of halogens is 1. The molecule has 2 nitrogen and oxygen atoms in total. The molecule has 3 rings (SSSR count). The number of pyridine rings is 1. The van der Waals surface area contributed by atoms with Gasteiger partial charge in [0.25, 0.3) is 0 Å². The van der Waals surface area contributed by atoms with Gasteiger partial charge in [-0.3, -0.25) is 4.98 Å². The van der Waals surface area contributed by atoms with Gasteiger partial charge in [0, 0.05) is 23.5 Å². The van der Waals surface area contributed by atoms with Crippen LogP contribution in [0.4, 0.5) is 4.39 Å². The molecule has 0 amide bonds. The van der Waals surface area contributed by atoms with Crippen molar-refractivity contribution in [2.75, 3.05) is 0 Å². The Morgan fingerprint density at radius 2 is 1.67 bits per heavy atom. The second-order valence-electron chi connectivity index (χ2n) is 5.29. The van der Waals surface area contributed by atoms with E-state index in [2.05, 4.69) is 11.1 Å². The molecule has 0 aliphatic heterocycles. The highest BCUT2D eigenvalue weighted by atomic mass is 19.1. The molecule has 106 valence electrons. The Morgan fingerprint density at radius 3 is 2.48 bits per heavy atom. The van der Waals surface area contributed by atoms with E-state index in [1.807, 2.05) is 30.3 Å². The summed E-state index contributed by atoms with van der Waals surface area (Å²) in [5.41, 5.74) is 9.21. The summed E-state index contributed by atoms with van der Waals surface area (Å²) in [4.78, 5) is 4.63. The topological polar surface area (TPSA) is 38.9 Å². The molecule has 0 aliphatic rings. The van der Waals surface area contributed by atoms with Crippen LogP contribution >= 0.6 is 0 Å². The van der Waals surface area contributed by atoms with Crippen LogP contribution in [0.5, 0.6) is 0 Å². The first-order valence-electron chi connectivity index (χ1n) is 7.05. The standard InChI is InChI=1S/C18H17FN2/c19-15-8-5-13(6-9-15)11-16(20)12-17-10-7-14-3-1-2-4-18(14)21-17/h1-10,16H,11-12,20H2.